The quantitative estimate of drug-likeness (QED) is 0.798. The fraction of sp³-hybridized carbons (Fsp3) is 0.500. The van der Waals surface area contributed by atoms with Gasteiger partial charge in [0.05, 0.1) is 5.56 Å². The van der Waals surface area contributed by atoms with E-state index in [1.165, 1.54) is 0 Å². The minimum absolute atomic E-state index is 0.00233. The van der Waals surface area contributed by atoms with Crippen LogP contribution < -0.4 is 5.73 Å². The average molecular weight is 283 g/mol. The van der Waals surface area contributed by atoms with E-state index in [2.05, 4.69) is 4.90 Å². The number of nitrogens with zero attached hydrogens (tertiary/aromatic N) is 2. The fourth-order valence-electron chi connectivity index (χ4n) is 2.58. The maximum Gasteiger partial charge on any atom is 0.256 e. The molecular weight excluding hydrogens is 264 g/mol. The van der Waals surface area contributed by atoms with Crippen LogP contribution in [0.2, 0.25) is 0 Å². The molecule has 1 aliphatic rings. The van der Waals surface area contributed by atoms with Crippen molar-refractivity contribution in [1.29, 1.82) is 0 Å². The summed E-state index contributed by atoms with van der Waals surface area (Å²) < 4.78 is 26.4. The summed E-state index contributed by atoms with van der Waals surface area (Å²) in [4.78, 5) is 16.3. The normalized spacial score (nSPS) is 20.8. The molecule has 1 heterocycles. The van der Waals surface area contributed by atoms with Crippen LogP contribution in [0.15, 0.2) is 12.1 Å². The molecule has 1 unspecified atom stereocenters. The third-order valence-electron chi connectivity index (χ3n) is 3.63. The predicted molar refractivity (Wildman–Crippen MR) is 73.4 cm³/mol. The summed E-state index contributed by atoms with van der Waals surface area (Å²) >= 11 is 0. The monoisotopic (exact) mass is 283 g/mol. The van der Waals surface area contributed by atoms with Crippen LogP contribution in [-0.2, 0) is 0 Å². The van der Waals surface area contributed by atoms with E-state index in [1.54, 1.807) is 4.90 Å². The Kier molecular flexibility index (Phi) is 4.23. The van der Waals surface area contributed by atoms with Crippen molar-refractivity contribution >= 4 is 11.6 Å². The summed E-state index contributed by atoms with van der Waals surface area (Å²) in [7, 11) is 2.00. The van der Waals surface area contributed by atoms with Crippen molar-refractivity contribution in [2.75, 3.05) is 32.4 Å². The zero-order valence-corrected chi connectivity index (χ0v) is 11.7. The SMILES string of the molecule is CC1CN(C)CCCN1C(=O)c1cc(F)c(F)cc1N. The number of likely N-dealkylation sites (N-methyl/N-ethyl adjacent to an activating group) is 1. The Morgan fingerprint density at radius 1 is 1.30 bits per heavy atom. The Balaban J connectivity index is 2.28. The first-order valence-electron chi connectivity index (χ1n) is 6.64. The van der Waals surface area contributed by atoms with Crippen LogP contribution in [0.5, 0.6) is 0 Å². The first-order chi connectivity index (χ1) is 9.40. The molecule has 0 aliphatic carbocycles. The first kappa shape index (κ1) is 14.7. The average Bonchev–Trinajstić information content (AvgIpc) is 2.54. The number of halogens is 2. The highest BCUT2D eigenvalue weighted by molar-refractivity contribution is 5.99. The Labute approximate surface area is 117 Å². The summed E-state index contributed by atoms with van der Waals surface area (Å²) in [6.07, 6.45) is 0.843. The van der Waals surface area contributed by atoms with Gasteiger partial charge in [0, 0.05) is 30.9 Å². The third kappa shape index (κ3) is 2.90. The molecule has 1 fully saturated rings. The van der Waals surface area contributed by atoms with Gasteiger partial charge in [0.1, 0.15) is 0 Å². The van der Waals surface area contributed by atoms with Crippen LogP contribution >= 0.6 is 0 Å². The van der Waals surface area contributed by atoms with Crippen molar-refractivity contribution in [2.24, 2.45) is 0 Å². The van der Waals surface area contributed by atoms with Gasteiger partial charge < -0.3 is 15.5 Å². The second-order valence-electron chi connectivity index (χ2n) is 5.32. The number of nitrogens with two attached hydrogens (primary N) is 1. The van der Waals surface area contributed by atoms with Gasteiger partial charge in [0.2, 0.25) is 0 Å². The van der Waals surface area contributed by atoms with Crippen molar-refractivity contribution in [3.63, 3.8) is 0 Å². The van der Waals surface area contributed by atoms with Crippen molar-refractivity contribution in [2.45, 2.75) is 19.4 Å². The van der Waals surface area contributed by atoms with Gasteiger partial charge in [-0.25, -0.2) is 8.78 Å². The molecule has 1 saturated heterocycles. The highest BCUT2D eigenvalue weighted by Gasteiger charge is 2.26. The summed E-state index contributed by atoms with van der Waals surface area (Å²) in [5, 5.41) is 0. The lowest BCUT2D eigenvalue weighted by molar-refractivity contribution is 0.0697. The van der Waals surface area contributed by atoms with Gasteiger partial charge in [-0.05, 0) is 33.0 Å². The van der Waals surface area contributed by atoms with E-state index >= 15 is 0 Å². The summed E-state index contributed by atoms with van der Waals surface area (Å²) in [6, 6.07) is 1.74. The van der Waals surface area contributed by atoms with E-state index in [9.17, 15) is 13.6 Å². The Morgan fingerprint density at radius 2 is 1.95 bits per heavy atom. The molecular formula is C14H19F2N3O. The van der Waals surface area contributed by atoms with E-state index in [0.29, 0.717) is 6.54 Å². The molecule has 4 nitrogen and oxygen atoms in total. The summed E-state index contributed by atoms with van der Waals surface area (Å²) in [5.74, 6) is -2.44. The number of anilines is 1. The van der Waals surface area contributed by atoms with Gasteiger partial charge in [-0.2, -0.15) is 0 Å². The zero-order chi connectivity index (χ0) is 14.9. The molecule has 0 radical (unpaired) electrons. The standard InChI is InChI=1S/C14H19F2N3O/c1-9-8-18(2)4-3-5-19(9)14(20)10-6-11(15)12(16)7-13(10)17/h6-7,9H,3-5,8,17H2,1-2H3. The van der Waals surface area contributed by atoms with E-state index in [-0.39, 0.29) is 23.2 Å². The maximum absolute atomic E-state index is 13.3. The second kappa shape index (κ2) is 5.75. The van der Waals surface area contributed by atoms with E-state index in [1.807, 2.05) is 14.0 Å². The Hall–Kier alpha value is -1.69. The van der Waals surface area contributed by atoms with Gasteiger partial charge in [-0.15, -0.1) is 0 Å². The van der Waals surface area contributed by atoms with Crippen LogP contribution in [0, 0.1) is 11.6 Å². The number of hydrogen-bond donors (Lipinski definition) is 1. The molecule has 2 N–H and O–H groups in total. The predicted octanol–water partition coefficient (Wildman–Crippen LogP) is 1.71. The van der Waals surface area contributed by atoms with E-state index in [4.69, 9.17) is 5.73 Å². The minimum atomic E-state index is -1.05. The third-order valence-corrected chi connectivity index (χ3v) is 3.63. The van der Waals surface area contributed by atoms with E-state index < -0.39 is 11.6 Å². The topological polar surface area (TPSA) is 49.6 Å². The van der Waals surface area contributed by atoms with Crippen LogP contribution in [-0.4, -0.2) is 48.4 Å². The molecule has 2 rings (SSSR count). The molecule has 0 bridgehead atoms. The zero-order valence-electron chi connectivity index (χ0n) is 11.7. The molecule has 0 spiro atoms. The molecule has 1 atom stereocenters. The largest absolute Gasteiger partial charge is 0.398 e. The number of carbonyl (C=O) groups excluding carboxylic acids is 1. The van der Waals surface area contributed by atoms with Crippen molar-refractivity contribution in [1.82, 2.24) is 9.80 Å². The maximum atomic E-state index is 13.3. The van der Waals surface area contributed by atoms with Crippen LogP contribution in [0.1, 0.15) is 23.7 Å². The van der Waals surface area contributed by atoms with Crippen molar-refractivity contribution in [3.05, 3.63) is 29.3 Å². The number of hydrogen-bond acceptors (Lipinski definition) is 3. The van der Waals surface area contributed by atoms with E-state index in [0.717, 1.165) is 31.6 Å². The number of carbonyl (C=O) groups is 1. The van der Waals surface area contributed by atoms with Crippen molar-refractivity contribution in [3.8, 4) is 0 Å². The molecule has 110 valence electrons. The highest BCUT2D eigenvalue weighted by atomic mass is 19.2. The molecule has 0 aromatic heterocycles. The molecule has 6 heteroatoms. The Bertz CT molecular complexity index is 521. The molecule has 0 saturated carbocycles. The van der Waals surface area contributed by atoms with Crippen LogP contribution in [0.4, 0.5) is 14.5 Å². The Morgan fingerprint density at radius 3 is 2.65 bits per heavy atom. The lowest BCUT2D eigenvalue weighted by Crippen LogP contribution is -2.42. The molecule has 20 heavy (non-hydrogen) atoms. The summed E-state index contributed by atoms with van der Waals surface area (Å²) in [6.45, 7) is 4.18. The van der Waals surface area contributed by atoms with Crippen LogP contribution in [0.3, 0.4) is 0 Å². The smallest absolute Gasteiger partial charge is 0.256 e. The lowest BCUT2D eigenvalue weighted by atomic mass is 10.1. The minimum Gasteiger partial charge on any atom is -0.398 e. The highest BCUT2D eigenvalue weighted by Crippen LogP contribution is 2.21. The van der Waals surface area contributed by atoms with Gasteiger partial charge in [-0.1, -0.05) is 0 Å². The molecule has 1 aromatic carbocycles. The fourth-order valence-corrected chi connectivity index (χ4v) is 2.58. The van der Waals surface area contributed by atoms with Gasteiger partial charge in [0.25, 0.3) is 5.91 Å². The van der Waals surface area contributed by atoms with Gasteiger partial charge >= 0.3 is 0 Å². The van der Waals surface area contributed by atoms with Crippen molar-refractivity contribution < 1.29 is 13.6 Å². The number of benzene rings is 1. The number of nitrogen functional groups attached to an aromatic ring is 1. The van der Waals surface area contributed by atoms with Gasteiger partial charge in [0.15, 0.2) is 11.6 Å². The number of amides is 1. The number of rotatable bonds is 1. The molecule has 1 aromatic rings. The first-order valence-corrected chi connectivity index (χ1v) is 6.64. The molecule has 1 amide bonds. The van der Waals surface area contributed by atoms with Gasteiger partial charge in [-0.3, -0.25) is 4.79 Å². The second-order valence-corrected chi connectivity index (χ2v) is 5.32. The molecule has 1 aliphatic heterocycles. The van der Waals surface area contributed by atoms with Crippen LogP contribution in [0.25, 0.3) is 0 Å². The lowest BCUT2D eigenvalue weighted by Gasteiger charge is -2.28. The summed E-state index contributed by atoms with van der Waals surface area (Å²) in [5.41, 5.74) is 5.64.